The van der Waals surface area contributed by atoms with Crippen LogP contribution >= 0.6 is 21.0 Å². The van der Waals surface area contributed by atoms with Gasteiger partial charge in [-0.1, -0.05) is 0 Å². The standard InChI is InChI=1S/C14H18IN5/c1-19(2)12-6-7-14(13(16)9-12)18-17-11-5-4-8-20(3)15-10-11/h4-10H,16H2,1-3H3. The Kier molecular flexibility index (Phi) is 4.89. The summed E-state index contributed by atoms with van der Waals surface area (Å²) in [6.45, 7) is 0. The first-order valence-electron chi connectivity index (χ1n) is 6.13. The fourth-order valence-corrected chi connectivity index (χ4v) is 2.96. The van der Waals surface area contributed by atoms with E-state index in [4.69, 9.17) is 5.73 Å². The van der Waals surface area contributed by atoms with Crippen LogP contribution in [-0.2, 0) is 0 Å². The number of anilines is 2. The zero-order valence-electron chi connectivity index (χ0n) is 11.8. The van der Waals surface area contributed by atoms with E-state index < -0.39 is 0 Å². The van der Waals surface area contributed by atoms with Gasteiger partial charge in [-0.25, -0.2) is 0 Å². The quantitative estimate of drug-likeness (QED) is 0.377. The van der Waals surface area contributed by atoms with Crippen molar-refractivity contribution in [1.29, 1.82) is 0 Å². The molecule has 5 nitrogen and oxygen atoms in total. The van der Waals surface area contributed by atoms with Crippen LogP contribution in [-0.4, -0.2) is 28.3 Å². The Hall–Kier alpha value is -1.70. The van der Waals surface area contributed by atoms with Crippen molar-refractivity contribution < 1.29 is 0 Å². The highest BCUT2D eigenvalue weighted by Gasteiger charge is 2.02. The molecule has 106 valence electrons. The van der Waals surface area contributed by atoms with Gasteiger partial charge in [0, 0.05) is 58.0 Å². The molecule has 0 atom stereocenters. The van der Waals surface area contributed by atoms with Crippen LogP contribution in [0, 0.1) is 0 Å². The van der Waals surface area contributed by atoms with Gasteiger partial charge in [-0.05, 0) is 30.4 Å². The van der Waals surface area contributed by atoms with E-state index in [1.54, 1.807) is 0 Å². The third-order valence-electron chi connectivity index (χ3n) is 2.67. The molecule has 0 saturated carbocycles. The Labute approximate surface area is 129 Å². The molecule has 0 radical (unpaired) electrons. The Morgan fingerprint density at radius 3 is 2.75 bits per heavy atom. The Morgan fingerprint density at radius 2 is 2.05 bits per heavy atom. The summed E-state index contributed by atoms with van der Waals surface area (Å²) in [5, 5.41) is 8.51. The van der Waals surface area contributed by atoms with Crippen molar-refractivity contribution in [3.63, 3.8) is 0 Å². The molecular weight excluding hydrogens is 365 g/mol. The summed E-state index contributed by atoms with van der Waals surface area (Å²) in [6.07, 6.45) is 5.99. The molecule has 0 fully saturated rings. The van der Waals surface area contributed by atoms with E-state index in [1.165, 1.54) is 0 Å². The van der Waals surface area contributed by atoms with E-state index in [9.17, 15) is 0 Å². The summed E-state index contributed by atoms with van der Waals surface area (Å²) in [5.41, 5.74) is 9.27. The first-order valence-corrected chi connectivity index (χ1v) is 8.34. The molecule has 20 heavy (non-hydrogen) atoms. The zero-order chi connectivity index (χ0) is 14.5. The Balaban J connectivity index is 2.18. The Morgan fingerprint density at radius 1 is 1.25 bits per heavy atom. The van der Waals surface area contributed by atoms with E-state index in [1.807, 2.05) is 55.5 Å². The van der Waals surface area contributed by atoms with Crippen LogP contribution in [0.15, 0.2) is 52.5 Å². The highest BCUT2D eigenvalue weighted by Crippen LogP contribution is 2.27. The van der Waals surface area contributed by atoms with E-state index in [-0.39, 0.29) is 21.0 Å². The van der Waals surface area contributed by atoms with E-state index in [2.05, 4.69) is 24.4 Å². The number of rotatable bonds is 3. The second-order valence-corrected chi connectivity index (χ2v) is 7.20. The third kappa shape index (κ3) is 3.89. The van der Waals surface area contributed by atoms with Gasteiger partial charge in [0.1, 0.15) is 5.69 Å². The normalized spacial score (nSPS) is 14.9. The smallest absolute Gasteiger partial charge is 0.109 e. The van der Waals surface area contributed by atoms with Crippen LogP contribution in [0.4, 0.5) is 17.1 Å². The average Bonchev–Trinajstić information content (AvgIpc) is 2.62. The number of allylic oxidation sites excluding steroid dienone is 3. The maximum Gasteiger partial charge on any atom is 0.109 e. The lowest BCUT2D eigenvalue weighted by atomic mass is 10.2. The van der Waals surface area contributed by atoms with E-state index in [0.29, 0.717) is 11.4 Å². The van der Waals surface area contributed by atoms with Gasteiger partial charge >= 0.3 is 0 Å². The topological polar surface area (TPSA) is 57.2 Å². The highest BCUT2D eigenvalue weighted by atomic mass is 127. The molecule has 0 aromatic heterocycles. The summed E-state index contributed by atoms with van der Waals surface area (Å²) in [7, 11) is 6.02. The number of benzene rings is 1. The third-order valence-corrected chi connectivity index (χ3v) is 4.79. The minimum Gasteiger partial charge on any atom is -0.397 e. The SMILES string of the molecule is CN1C=CC=C(N=Nc2ccc(N(C)C)cc2N)C=I1. The fourth-order valence-electron chi connectivity index (χ4n) is 1.53. The minimum atomic E-state index is -0.159. The molecule has 2 N–H and O–H groups in total. The molecule has 0 spiro atoms. The maximum absolute atomic E-state index is 6.00. The van der Waals surface area contributed by atoms with Crippen LogP contribution in [0.5, 0.6) is 0 Å². The molecular formula is C14H18IN5. The van der Waals surface area contributed by atoms with Gasteiger partial charge in [0.2, 0.25) is 0 Å². The molecule has 2 rings (SSSR count). The summed E-state index contributed by atoms with van der Waals surface area (Å²) in [4.78, 5) is 2.00. The van der Waals surface area contributed by atoms with Crippen LogP contribution in [0.25, 0.3) is 0 Å². The molecule has 1 heterocycles. The van der Waals surface area contributed by atoms with Gasteiger partial charge < -0.3 is 13.7 Å². The highest BCUT2D eigenvalue weighted by molar-refractivity contribution is 14.2. The van der Waals surface area contributed by atoms with E-state index in [0.717, 1.165) is 11.4 Å². The second-order valence-electron chi connectivity index (χ2n) is 4.50. The molecule has 0 amide bonds. The molecule has 6 heteroatoms. The first-order chi connectivity index (χ1) is 9.56. The molecule has 1 aromatic rings. The molecule has 0 saturated heterocycles. The van der Waals surface area contributed by atoms with Gasteiger partial charge in [-0.2, -0.15) is 0 Å². The monoisotopic (exact) mass is 383 g/mol. The predicted octanol–water partition coefficient (Wildman–Crippen LogP) is 3.45. The molecule has 0 bridgehead atoms. The summed E-state index contributed by atoms with van der Waals surface area (Å²) in [5.74, 6) is 0. The lowest BCUT2D eigenvalue weighted by Crippen LogP contribution is -2.08. The van der Waals surface area contributed by atoms with Gasteiger partial charge in [-0.3, -0.25) is 0 Å². The van der Waals surface area contributed by atoms with E-state index >= 15 is 0 Å². The van der Waals surface area contributed by atoms with Crippen LogP contribution in [0.2, 0.25) is 0 Å². The van der Waals surface area contributed by atoms with Crippen molar-refractivity contribution in [1.82, 2.24) is 3.11 Å². The largest absolute Gasteiger partial charge is 0.397 e. The molecule has 1 aliphatic rings. The Bertz CT molecular complexity index is 602. The van der Waals surface area contributed by atoms with Gasteiger partial charge in [-0.15, -0.1) is 10.2 Å². The molecule has 0 unspecified atom stereocenters. The van der Waals surface area contributed by atoms with Gasteiger partial charge in [0.25, 0.3) is 0 Å². The van der Waals surface area contributed by atoms with Crippen molar-refractivity contribution in [2.24, 2.45) is 10.2 Å². The molecule has 1 aliphatic heterocycles. The number of nitrogens with two attached hydrogens (primary N) is 1. The average molecular weight is 383 g/mol. The fraction of sp³-hybridized carbons (Fsp3) is 0.214. The van der Waals surface area contributed by atoms with Crippen molar-refractivity contribution in [3.05, 3.63) is 42.2 Å². The maximum atomic E-state index is 6.00. The number of nitrogen functional groups attached to an aromatic ring is 1. The van der Waals surface area contributed by atoms with Crippen LogP contribution in [0.3, 0.4) is 0 Å². The van der Waals surface area contributed by atoms with Crippen molar-refractivity contribution in [2.75, 3.05) is 31.8 Å². The van der Waals surface area contributed by atoms with Crippen molar-refractivity contribution in [3.8, 4) is 0 Å². The minimum absolute atomic E-state index is 0.159. The predicted molar refractivity (Wildman–Crippen MR) is 94.8 cm³/mol. The van der Waals surface area contributed by atoms with Crippen LogP contribution in [0.1, 0.15) is 0 Å². The first kappa shape index (κ1) is 14.7. The van der Waals surface area contributed by atoms with Gasteiger partial charge in [0.05, 0.1) is 11.4 Å². The lowest BCUT2D eigenvalue weighted by Gasteiger charge is -2.13. The molecule has 1 aromatic carbocycles. The van der Waals surface area contributed by atoms with Gasteiger partial charge in [0.15, 0.2) is 0 Å². The lowest BCUT2D eigenvalue weighted by molar-refractivity contribution is 0.835. The van der Waals surface area contributed by atoms with Crippen LogP contribution < -0.4 is 10.6 Å². The molecule has 0 aliphatic carbocycles. The summed E-state index contributed by atoms with van der Waals surface area (Å²) < 4.78 is 4.31. The number of hydrogen-bond donors (Lipinski definition) is 1. The van der Waals surface area contributed by atoms with Crippen molar-refractivity contribution >= 4 is 42.1 Å². The number of nitrogens with zero attached hydrogens (tertiary/aromatic N) is 4. The number of hydrogen-bond acceptors (Lipinski definition) is 5. The summed E-state index contributed by atoms with van der Waals surface area (Å²) in [6, 6.07) is 5.78. The number of halogens is 1. The zero-order valence-corrected chi connectivity index (χ0v) is 13.9. The number of azo groups is 1. The van der Waals surface area contributed by atoms with Crippen molar-refractivity contribution in [2.45, 2.75) is 0 Å². The summed E-state index contributed by atoms with van der Waals surface area (Å²) >= 11 is -0.159. The second kappa shape index (κ2) is 6.65.